The van der Waals surface area contributed by atoms with Gasteiger partial charge in [0.1, 0.15) is 18.8 Å². The Bertz CT molecular complexity index is 1100. The van der Waals surface area contributed by atoms with Gasteiger partial charge in [-0.25, -0.2) is 14.8 Å². The Hall–Kier alpha value is -4.01. The number of ether oxygens (including phenoxy) is 2. The predicted octanol–water partition coefficient (Wildman–Crippen LogP) is 3.60. The molecule has 2 amide bonds. The standard InChI is InChI=1S/C25H29N5O4/c1-25(2,3)34-24(32)29-15-22(31)30(4)16-19-6-5-7-20(12-19)21-13-27-23(28-14-21)33-17-18-8-10-26-11-9-18/h5-14H,15-17H2,1-4H3,(H,29,32). The molecular weight excluding hydrogens is 434 g/mol. The SMILES string of the molecule is CN(Cc1cccc(-c2cnc(OCc3ccncc3)nc2)c1)C(=O)CNC(=O)OC(C)(C)C. The lowest BCUT2D eigenvalue weighted by Gasteiger charge is -2.21. The van der Waals surface area contributed by atoms with Crippen molar-refractivity contribution in [3.63, 3.8) is 0 Å². The molecule has 1 N–H and O–H groups in total. The zero-order chi connectivity index (χ0) is 24.6. The molecule has 0 radical (unpaired) electrons. The summed E-state index contributed by atoms with van der Waals surface area (Å²) in [5.41, 5.74) is 3.05. The van der Waals surface area contributed by atoms with E-state index >= 15 is 0 Å². The third-order valence-corrected chi connectivity index (χ3v) is 4.63. The summed E-state index contributed by atoms with van der Waals surface area (Å²) < 4.78 is 10.8. The smallest absolute Gasteiger partial charge is 0.408 e. The zero-order valence-electron chi connectivity index (χ0n) is 19.8. The topological polar surface area (TPSA) is 107 Å². The first-order valence-electron chi connectivity index (χ1n) is 10.8. The molecule has 0 bridgehead atoms. The van der Waals surface area contributed by atoms with Gasteiger partial charge in [0, 0.05) is 43.9 Å². The molecule has 0 aliphatic heterocycles. The van der Waals surface area contributed by atoms with E-state index in [9.17, 15) is 9.59 Å². The van der Waals surface area contributed by atoms with E-state index < -0.39 is 11.7 Å². The van der Waals surface area contributed by atoms with E-state index in [1.807, 2.05) is 36.4 Å². The van der Waals surface area contributed by atoms with Crippen LogP contribution in [0, 0.1) is 0 Å². The fraction of sp³-hybridized carbons (Fsp3) is 0.320. The highest BCUT2D eigenvalue weighted by Gasteiger charge is 2.18. The second-order valence-corrected chi connectivity index (χ2v) is 8.70. The molecule has 3 rings (SSSR count). The van der Waals surface area contributed by atoms with Crippen LogP contribution in [0.15, 0.2) is 61.2 Å². The van der Waals surface area contributed by atoms with Gasteiger partial charge in [-0.1, -0.05) is 18.2 Å². The summed E-state index contributed by atoms with van der Waals surface area (Å²) in [5, 5.41) is 2.49. The molecule has 0 saturated heterocycles. The Morgan fingerprint density at radius 2 is 1.71 bits per heavy atom. The van der Waals surface area contributed by atoms with Crippen molar-refractivity contribution in [3.8, 4) is 17.1 Å². The summed E-state index contributed by atoms with van der Waals surface area (Å²) >= 11 is 0. The fourth-order valence-corrected chi connectivity index (χ4v) is 2.97. The summed E-state index contributed by atoms with van der Waals surface area (Å²) in [7, 11) is 1.68. The van der Waals surface area contributed by atoms with Gasteiger partial charge >= 0.3 is 12.1 Å². The van der Waals surface area contributed by atoms with Gasteiger partial charge in [0.25, 0.3) is 0 Å². The van der Waals surface area contributed by atoms with Gasteiger partial charge in [-0.3, -0.25) is 9.78 Å². The lowest BCUT2D eigenvalue weighted by Crippen LogP contribution is -2.40. The van der Waals surface area contributed by atoms with Crippen LogP contribution in [0.1, 0.15) is 31.9 Å². The molecule has 2 aromatic heterocycles. The number of likely N-dealkylation sites (N-methyl/N-ethyl adjacent to an activating group) is 1. The molecule has 1 aromatic carbocycles. The fourth-order valence-electron chi connectivity index (χ4n) is 2.97. The van der Waals surface area contributed by atoms with Gasteiger partial charge in [-0.15, -0.1) is 0 Å². The minimum absolute atomic E-state index is 0.139. The van der Waals surface area contributed by atoms with Crippen molar-refractivity contribution in [2.45, 2.75) is 39.5 Å². The minimum atomic E-state index is -0.621. The van der Waals surface area contributed by atoms with Crippen LogP contribution >= 0.6 is 0 Å². The number of nitrogens with zero attached hydrogens (tertiary/aromatic N) is 4. The van der Waals surface area contributed by atoms with Crippen LogP contribution in [0.4, 0.5) is 4.79 Å². The van der Waals surface area contributed by atoms with Crippen molar-refractivity contribution >= 4 is 12.0 Å². The highest BCUT2D eigenvalue weighted by atomic mass is 16.6. The Morgan fingerprint density at radius 1 is 1.00 bits per heavy atom. The number of hydrogen-bond donors (Lipinski definition) is 1. The van der Waals surface area contributed by atoms with Crippen LogP contribution in [0.2, 0.25) is 0 Å². The molecule has 9 nitrogen and oxygen atoms in total. The van der Waals surface area contributed by atoms with Gasteiger partial charge in [0.05, 0.1) is 0 Å². The van der Waals surface area contributed by atoms with Crippen molar-refractivity contribution < 1.29 is 19.1 Å². The number of alkyl carbamates (subject to hydrolysis) is 1. The molecule has 0 atom stereocenters. The molecule has 2 heterocycles. The van der Waals surface area contributed by atoms with Gasteiger partial charge in [0.15, 0.2) is 0 Å². The van der Waals surface area contributed by atoms with E-state index in [0.717, 1.165) is 22.3 Å². The second-order valence-electron chi connectivity index (χ2n) is 8.70. The molecular formula is C25H29N5O4. The molecule has 0 aliphatic rings. The number of benzene rings is 1. The first-order chi connectivity index (χ1) is 16.2. The summed E-state index contributed by atoms with van der Waals surface area (Å²) in [6.07, 6.45) is 6.20. The number of pyridine rings is 1. The van der Waals surface area contributed by atoms with Crippen molar-refractivity contribution in [2.75, 3.05) is 13.6 Å². The summed E-state index contributed by atoms with van der Waals surface area (Å²) in [6, 6.07) is 11.8. The quantitative estimate of drug-likeness (QED) is 0.544. The third kappa shape index (κ3) is 7.84. The van der Waals surface area contributed by atoms with Gasteiger partial charge in [-0.2, -0.15) is 0 Å². The molecule has 0 unspecified atom stereocenters. The summed E-state index contributed by atoms with van der Waals surface area (Å²) in [4.78, 5) is 38.2. The van der Waals surface area contributed by atoms with Gasteiger partial charge in [-0.05, 0) is 55.7 Å². The van der Waals surface area contributed by atoms with Crippen LogP contribution in [0.5, 0.6) is 6.01 Å². The summed E-state index contributed by atoms with van der Waals surface area (Å²) in [5.74, 6) is -0.227. The maximum absolute atomic E-state index is 12.4. The van der Waals surface area contributed by atoms with Crippen LogP contribution in [-0.4, -0.2) is 51.0 Å². The highest BCUT2D eigenvalue weighted by Crippen LogP contribution is 2.21. The number of amides is 2. The van der Waals surface area contributed by atoms with E-state index in [1.54, 1.807) is 57.5 Å². The Morgan fingerprint density at radius 3 is 2.38 bits per heavy atom. The van der Waals surface area contributed by atoms with E-state index in [4.69, 9.17) is 9.47 Å². The first kappa shape index (κ1) is 24.6. The molecule has 0 spiro atoms. The average molecular weight is 464 g/mol. The molecule has 0 fully saturated rings. The van der Waals surface area contributed by atoms with Crippen LogP contribution in [0.3, 0.4) is 0 Å². The average Bonchev–Trinajstić information content (AvgIpc) is 2.81. The normalized spacial score (nSPS) is 10.9. The lowest BCUT2D eigenvalue weighted by molar-refractivity contribution is -0.129. The van der Waals surface area contributed by atoms with E-state index in [-0.39, 0.29) is 12.5 Å². The van der Waals surface area contributed by atoms with Crippen LogP contribution < -0.4 is 10.1 Å². The Balaban J connectivity index is 1.54. The van der Waals surface area contributed by atoms with Crippen LogP contribution in [-0.2, 0) is 22.7 Å². The van der Waals surface area contributed by atoms with Crippen molar-refractivity contribution in [1.29, 1.82) is 0 Å². The maximum Gasteiger partial charge on any atom is 0.408 e. The van der Waals surface area contributed by atoms with Crippen molar-refractivity contribution in [3.05, 3.63) is 72.3 Å². The number of carbonyl (C=O) groups is 2. The van der Waals surface area contributed by atoms with Crippen molar-refractivity contribution in [1.82, 2.24) is 25.2 Å². The van der Waals surface area contributed by atoms with E-state index in [1.165, 1.54) is 0 Å². The highest BCUT2D eigenvalue weighted by molar-refractivity contribution is 5.82. The lowest BCUT2D eigenvalue weighted by atomic mass is 10.1. The number of rotatable bonds is 8. The minimum Gasteiger partial charge on any atom is -0.459 e. The summed E-state index contributed by atoms with van der Waals surface area (Å²) in [6.45, 7) is 5.91. The maximum atomic E-state index is 12.4. The van der Waals surface area contributed by atoms with E-state index in [2.05, 4.69) is 20.3 Å². The molecule has 3 aromatic rings. The van der Waals surface area contributed by atoms with Gasteiger partial charge < -0.3 is 19.7 Å². The number of carbonyl (C=O) groups excluding carboxylic acids is 2. The van der Waals surface area contributed by atoms with Crippen LogP contribution in [0.25, 0.3) is 11.1 Å². The number of nitrogens with one attached hydrogen (secondary N) is 1. The predicted molar refractivity (Wildman–Crippen MR) is 127 cm³/mol. The largest absolute Gasteiger partial charge is 0.459 e. The number of aromatic nitrogens is 3. The Labute approximate surface area is 199 Å². The molecule has 34 heavy (non-hydrogen) atoms. The Kier molecular flexibility index (Phi) is 8.13. The molecule has 0 aliphatic carbocycles. The zero-order valence-corrected chi connectivity index (χ0v) is 19.8. The first-order valence-corrected chi connectivity index (χ1v) is 10.8. The van der Waals surface area contributed by atoms with E-state index in [0.29, 0.717) is 19.2 Å². The second kappa shape index (κ2) is 11.2. The third-order valence-electron chi connectivity index (χ3n) is 4.63. The van der Waals surface area contributed by atoms with Gasteiger partial charge in [0.2, 0.25) is 5.91 Å². The number of hydrogen-bond acceptors (Lipinski definition) is 7. The molecule has 0 saturated carbocycles. The monoisotopic (exact) mass is 463 g/mol. The molecule has 178 valence electrons. The molecule has 9 heteroatoms. The van der Waals surface area contributed by atoms with Crippen molar-refractivity contribution in [2.24, 2.45) is 0 Å².